The van der Waals surface area contributed by atoms with Gasteiger partial charge in [-0.25, -0.2) is 0 Å². The van der Waals surface area contributed by atoms with E-state index >= 15 is 0 Å². The Morgan fingerprint density at radius 1 is 1.19 bits per heavy atom. The second-order valence-electron chi connectivity index (χ2n) is 7.95. The number of aromatic nitrogens is 1. The van der Waals surface area contributed by atoms with E-state index in [4.69, 9.17) is 4.74 Å². The van der Waals surface area contributed by atoms with Gasteiger partial charge in [0, 0.05) is 32.5 Å². The van der Waals surface area contributed by atoms with Gasteiger partial charge in [-0.2, -0.15) is 5.26 Å². The molecule has 6 nitrogen and oxygen atoms in total. The van der Waals surface area contributed by atoms with Gasteiger partial charge in [-0.1, -0.05) is 36.4 Å². The predicted molar refractivity (Wildman–Crippen MR) is 124 cm³/mol. The van der Waals surface area contributed by atoms with Crippen molar-refractivity contribution < 1.29 is 9.53 Å². The molecule has 0 aliphatic carbocycles. The fraction of sp³-hybridized carbons (Fsp3) is 0.360. The van der Waals surface area contributed by atoms with Gasteiger partial charge in [-0.15, -0.1) is 0 Å². The fourth-order valence-corrected chi connectivity index (χ4v) is 3.90. The van der Waals surface area contributed by atoms with Crippen LogP contribution in [0.2, 0.25) is 0 Å². The predicted octanol–water partition coefficient (Wildman–Crippen LogP) is 4.24. The summed E-state index contributed by atoms with van der Waals surface area (Å²) >= 11 is 0. The molecule has 0 bridgehead atoms. The van der Waals surface area contributed by atoms with E-state index in [2.05, 4.69) is 41.7 Å². The topological polar surface area (TPSA) is 70.3 Å². The van der Waals surface area contributed by atoms with Crippen LogP contribution in [0, 0.1) is 25.2 Å². The number of methoxy groups -OCH3 is 1. The van der Waals surface area contributed by atoms with Gasteiger partial charge in [0.1, 0.15) is 11.9 Å². The average Bonchev–Trinajstić information content (AvgIpc) is 2.97. The molecule has 0 fully saturated rings. The van der Waals surface area contributed by atoms with Crippen LogP contribution in [0.3, 0.4) is 0 Å². The number of fused-ring (bicyclic) bond motifs is 1. The largest absolute Gasteiger partial charge is 0.385 e. The summed E-state index contributed by atoms with van der Waals surface area (Å²) in [5.41, 5.74) is 3.58. The SMILES string of the molecule is COCCCn1c(C)c(C)c(C#N)c1NC(=O)CN(C)Cc1ccc2ccccc2c1. The quantitative estimate of drug-likeness (QED) is 0.528. The van der Waals surface area contributed by atoms with Gasteiger partial charge in [-0.3, -0.25) is 9.69 Å². The summed E-state index contributed by atoms with van der Waals surface area (Å²) in [5.74, 6) is 0.447. The number of hydrogen-bond donors (Lipinski definition) is 1. The number of amides is 1. The van der Waals surface area contributed by atoms with Gasteiger partial charge in [-0.05, 0) is 55.3 Å². The maximum absolute atomic E-state index is 12.8. The van der Waals surface area contributed by atoms with Gasteiger partial charge in [0.15, 0.2) is 0 Å². The molecular formula is C25H30N4O2. The molecule has 1 amide bonds. The molecule has 0 saturated carbocycles. The minimum Gasteiger partial charge on any atom is -0.385 e. The Kier molecular flexibility index (Phi) is 7.45. The van der Waals surface area contributed by atoms with Crippen LogP contribution in [0.5, 0.6) is 0 Å². The van der Waals surface area contributed by atoms with Crippen LogP contribution in [0.1, 0.15) is 28.8 Å². The van der Waals surface area contributed by atoms with Crippen molar-refractivity contribution in [2.45, 2.75) is 33.4 Å². The molecule has 1 heterocycles. The van der Waals surface area contributed by atoms with Crippen molar-refractivity contribution in [2.24, 2.45) is 0 Å². The summed E-state index contributed by atoms with van der Waals surface area (Å²) in [6.45, 7) is 6.10. The first-order valence-corrected chi connectivity index (χ1v) is 10.5. The summed E-state index contributed by atoms with van der Waals surface area (Å²) in [6, 6.07) is 16.9. The lowest BCUT2D eigenvalue weighted by molar-refractivity contribution is -0.117. The molecule has 2 aromatic carbocycles. The van der Waals surface area contributed by atoms with Gasteiger partial charge in [0.25, 0.3) is 0 Å². The normalized spacial score (nSPS) is 11.1. The van der Waals surface area contributed by atoms with E-state index in [9.17, 15) is 10.1 Å². The van der Waals surface area contributed by atoms with E-state index in [0.29, 0.717) is 31.1 Å². The Labute approximate surface area is 184 Å². The molecule has 0 aliphatic rings. The summed E-state index contributed by atoms with van der Waals surface area (Å²) in [7, 11) is 3.59. The molecule has 3 aromatic rings. The van der Waals surface area contributed by atoms with Gasteiger partial charge in [0.2, 0.25) is 5.91 Å². The fourth-order valence-electron chi connectivity index (χ4n) is 3.90. The van der Waals surface area contributed by atoms with Crippen molar-refractivity contribution in [1.29, 1.82) is 5.26 Å². The lowest BCUT2D eigenvalue weighted by atomic mass is 10.1. The minimum absolute atomic E-state index is 0.134. The highest BCUT2D eigenvalue weighted by molar-refractivity contribution is 5.93. The third-order valence-electron chi connectivity index (χ3n) is 5.61. The average molecular weight is 419 g/mol. The van der Waals surface area contributed by atoms with E-state index in [1.807, 2.05) is 42.5 Å². The Balaban J connectivity index is 1.69. The van der Waals surface area contributed by atoms with E-state index in [0.717, 1.165) is 23.2 Å². The van der Waals surface area contributed by atoms with Gasteiger partial charge >= 0.3 is 0 Å². The number of nitrogens with zero attached hydrogens (tertiary/aromatic N) is 3. The van der Waals surface area contributed by atoms with Crippen molar-refractivity contribution in [1.82, 2.24) is 9.47 Å². The van der Waals surface area contributed by atoms with Crippen molar-refractivity contribution in [3.63, 3.8) is 0 Å². The van der Waals surface area contributed by atoms with Gasteiger partial charge in [0.05, 0.1) is 12.1 Å². The summed E-state index contributed by atoms with van der Waals surface area (Å²) < 4.78 is 7.16. The number of carbonyl (C=O) groups is 1. The minimum atomic E-state index is -0.134. The highest BCUT2D eigenvalue weighted by Crippen LogP contribution is 2.26. The van der Waals surface area contributed by atoms with Crippen molar-refractivity contribution in [2.75, 3.05) is 32.6 Å². The maximum atomic E-state index is 12.8. The number of benzene rings is 2. The molecule has 1 N–H and O–H groups in total. The van der Waals surface area contributed by atoms with Crippen molar-refractivity contribution in [3.8, 4) is 6.07 Å². The number of carbonyl (C=O) groups excluding carboxylic acids is 1. The number of nitrogens with one attached hydrogen (secondary N) is 1. The standard InChI is InChI=1S/C25H30N4O2/c1-18-19(2)29(12-7-13-31-4)25(23(18)15-26)27-24(30)17-28(3)16-20-10-11-21-8-5-6-9-22(21)14-20/h5-6,8-11,14H,7,12-13,16-17H2,1-4H3,(H,27,30). The smallest absolute Gasteiger partial charge is 0.239 e. The third-order valence-corrected chi connectivity index (χ3v) is 5.61. The van der Waals surface area contributed by atoms with Crippen LogP contribution in [-0.4, -0.2) is 42.7 Å². The summed E-state index contributed by atoms with van der Waals surface area (Å²) in [6.07, 6.45) is 0.807. The lowest BCUT2D eigenvalue weighted by Crippen LogP contribution is -2.30. The Hall–Kier alpha value is -3.14. The van der Waals surface area contributed by atoms with E-state index in [1.165, 1.54) is 10.8 Å². The van der Waals surface area contributed by atoms with Crippen LogP contribution < -0.4 is 5.32 Å². The van der Waals surface area contributed by atoms with Crippen LogP contribution in [-0.2, 0) is 22.6 Å². The lowest BCUT2D eigenvalue weighted by Gasteiger charge is -2.18. The Bertz CT molecular complexity index is 1110. The molecule has 31 heavy (non-hydrogen) atoms. The first kappa shape index (κ1) is 22.5. The number of ether oxygens (including phenoxy) is 1. The monoisotopic (exact) mass is 418 g/mol. The van der Waals surface area contributed by atoms with Crippen molar-refractivity contribution >= 4 is 22.5 Å². The summed E-state index contributed by atoms with van der Waals surface area (Å²) in [5, 5.41) is 15.0. The molecule has 162 valence electrons. The Morgan fingerprint density at radius 3 is 2.65 bits per heavy atom. The Morgan fingerprint density at radius 2 is 1.94 bits per heavy atom. The number of hydrogen-bond acceptors (Lipinski definition) is 4. The highest BCUT2D eigenvalue weighted by atomic mass is 16.5. The second kappa shape index (κ2) is 10.3. The molecule has 3 rings (SSSR count). The molecular weight excluding hydrogens is 388 g/mol. The number of nitriles is 1. The van der Waals surface area contributed by atoms with Crippen LogP contribution in [0.4, 0.5) is 5.82 Å². The highest BCUT2D eigenvalue weighted by Gasteiger charge is 2.20. The van der Waals surface area contributed by atoms with Crippen LogP contribution in [0.15, 0.2) is 42.5 Å². The molecule has 0 saturated heterocycles. The van der Waals surface area contributed by atoms with Crippen LogP contribution >= 0.6 is 0 Å². The molecule has 1 aromatic heterocycles. The first-order valence-electron chi connectivity index (χ1n) is 10.5. The van der Waals surface area contributed by atoms with E-state index < -0.39 is 0 Å². The van der Waals surface area contributed by atoms with E-state index in [1.54, 1.807) is 7.11 Å². The zero-order chi connectivity index (χ0) is 22.4. The number of rotatable bonds is 9. The van der Waals surface area contributed by atoms with E-state index in [-0.39, 0.29) is 12.5 Å². The zero-order valence-electron chi connectivity index (χ0n) is 18.7. The number of anilines is 1. The molecule has 6 heteroatoms. The summed E-state index contributed by atoms with van der Waals surface area (Å²) in [4.78, 5) is 14.8. The third kappa shape index (κ3) is 5.32. The molecule has 0 radical (unpaired) electrons. The first-order chi connectivity index (χ1) is 14.9. The van der Waals surface area contributed by atoms with Crippen LogP contribution in [0.25, 0.3) is 10.8 Å². The van der Waals surface area contributed by atoms with Gasteiger partial charge < -0.3 is 14.6 Å². The zero-order valence-corrected chi connectivity index (χ0v) is 18.7. The number of likely N-dealkylation sites (N-methyl/N-ethyl adjacent to an activating group) is 1. The molecule has 0 unspecified atom stereocenters. The second-order valence-corrected chi connectivity index (χ2v) is 7.95. The van der Waals surface area contributed by atoms with Crippen molar-refractivity contribution in [3.05, 3.63) is 64.8 Å². The molecule has 0 atom stereocenters. The maximum Gasteiger partial charge on any atom is 0.239 e. The molecule has 0 aliphatic heterocycles. The molecule has 0 spiro atoms.